The number of allylic oxidation sites excluding steroid dienone is 2. The second-order valence-electron chi connectivity index (χ2n) is 9.52. The van der Waals surface area contributed by atoms with E-state index in [1.54, 1.807) is 18.2 Å². The first-order valence-electron chi connectivity index (χ1n) is 11.6. The van der Waals surface area contributed by atoms with Crippen molar-refractivity contribution in [3.05, 3.63) is 75.8 Å². The highest BCUT2D eigenvalue weighted by molar-refractivity contribution is 9.10. The molecule has 0 aromatic heterocycles. The molecule has 0 saturated heterocycles. The standard InChI is InChI=1S/C28H22BrN5O/c29-19-9-11-24-23(13-19)28(26(35)34-24)22-12-18(7-6-17-4-2-1-3-5-17)8-10-20(22)21(14-30)25(33)27(28,15-31)16-32/h1-5,9-11,13,18,21-22,33H,6-8,12H2,(H,34,35)/t18-,21?,22-,28-/m0/s1. The lowest BCUT2D eigenvalue weighted by atomic mass is 9.44. The van der Waals surface area contributed by atoms with E-state index in [2.05, 4.69) is 51.6 Å². The lowest BCUT2D eigenvalue weighted by Gasteiger charge is -2.52. The molecule has 6 nitrogen and oxygen atoms in total. The van der Waals surface area contributed by atoms with Gasteiger partial charge in [0, 0.05) is 16.1 Å². The molecule has 1 saturated carbocycles. The van der Waals surface area contributed by atoms with Crippen LogP contribution in [0.15, 0.2) is 64.7 Å². The second-order valence-corrected chi connectivity index (χ2v) is 10.4. The van der Waals surface area contributed by atoms with Gasteiger partial charge < -0.3 is 10.7 Å². The third-order valence-corrected chi connectivity index (χ3v) is 8.45. The van der Waals surface area contributed by atoms with E-state index in [1.807, 2.05) is 24.3 Å². The van der Waals surface area contributed by atoms with Crippen LogP contribution in [0.25, 0.3) is 0 Å². The summed E-state index contributed by atoms with van der Waals surface area (Å²) < 4.78 is 0.716. The Morgan fingerprint density at radius 1 is 1.11 bits per heavy atom. The molecule has 2 aromatic rings. The van der Waals surface area contributed by atoms with E-state index in [-0.39, 0.29) is 11.6 Å². The normalized spacial score (nSPS) is 28.1. The van der Waals surface area contributed by atoms with Crippen LogP contribution in [-0.2, 0) is 16.6 Å². The molecule has 3 aliphatic rings. The van der Waals surface area contributed by atoms with Crippen LogP contribution in [0, 0.1) is 62.6 Å². The summed E-state index contributed by atoms with van der Waals surface area (Å²) in [7, 11) is 0. The number of rotatable bonds is 3. The summed E-state index contributed by atoms with van der Waals surface area (Å²) in [5, 5.41) is 42.7. The fourth-order valence-corrected chi connectivity index (χ4v) is 6.70. The third-order valence-electron chi connectivity index (χ3n) is 7.96. The van der Waals surface area contributed by atoms with Crippen molar-refractivity contribution in [1.29, 1.82) is 21.2 Å². The fourth-order valence-electron chi connectivity index (χ4n) is 6.34. The molecular formula is C28H22BrN5O. The molecular weight excluding hydrogens is 502 g/mol. The van der Waals surface area contributed by atoms with E-state index in [9.17, 15) is 20.6 Å². The van der Waals surface area contributed by atoms with E-state index in [4.69, 9.17) is 5.41 Å². The van der Waals surface area contributed by atoms with Crippen LogP contribution in [0.3, 0.4) is 0 Å². The lowest BCUT2D eigenvalue weighted by Crippen LogP contribution is -2.64. The second kappa shape index (κ2) is 8.49. The first kappa shape index (κ1) is 23.0. The van der Waals surface area contributed by atoms with Gasteiger partial charge in [-0.15, -0.1) is 0 Å². The predicted molar refractivity (Wildman–Crippen MR) is 134 cm³/mol. The minimum absolute atomic E-state index is 0.214. The summed E-state index contributed by atoms with van der Waals surface area (Å²) in [6.07, 6.45) is 5.06. The summed E-state index contributed by atoms with van der Waals surface area (Å²) in [4.78, 5) is 13.9. The molecule has 2 aliphatic carbocycles. The summed E-state index contributed by atoms with van der Waals surface area (Å²) in [5.74, 6) is -1.77. The molecule has 1 heterocycles. The monoisotopic (exact) mass is 523 g/mol. The van der Waals surface area contributed by atoms with Crippen molar-refractivity contribution in [1.82, 2.24) is 0 Å². The SMILES string of the molecule is N#CC1C(=N)C(C#N)(C#N)[C@@]2(C(=O)Nc3ccc(Br)cc32)[C@H]2C[C@@H](CCc3ccccc3)CC=C12. The number of nitrogens with zero attached hydrogens (tertiary/aromatic N) is 3. The molecule has 1 amide bonds. The van der Waals surface area contributed by atoms with Gasteiger partial charge in [0.25, 0.3) is 0 Å². The van der Waals surface area contributed by atoms with Gasteiger partial charge in [-0.2, -0.15) is 15.8 Å². The first-order valence-corrected chi connectivity index (χ1v) is 12.4. The van der Waals surface area contributed by atoms with Crippen LogP contribution >= 0.6 is 15.9 Å². The fraction of sp³-hybridized carbons (Fsp3) is 0.321. The Bertz CT molecular complexity index is 1380. The number of carbonyl (C=O) groups excluding carboxylic acids is 1. The van der Waals surface area contributed by atoms with Crippen LogP contribution in [0.4, 0.5) is 5.69 Å². The first-order chi connectivity index (χ1) is 16.9. The Morgan fingerprint density at radius 2 is 1.86 bits per heavy atom. The van der Waals surface area contributed by atoms with E-state index in [0.717, 1.165) is 19.3 Å². The number of anilines is 1. The van der Waals surface area contributed by atoms with Gasteiger partial charge in [0.05, 0.1) is 23.9 Å². The largest absolute Gasteiger partial charge is 0.325 e. The van der Waals surface area contributed by atoms with Crippen molar-refractivity contribution >= 4 is 33.2 Å². The van der Waals surface area contributed by atoms with Gasteiger partial charge in [0.1, 0.15) is 11.3 Å². The van der Waals surface area contributed by atoms with Gasteiger partial charge in [0.15, 0.2) is 0 Å². The highest BCUT2D eigenvalue weighted by Gasteiger charge is 2.73. The maximum Gasteiger partial charge on any atom is 0.238 e. The number of fused-ring (bicyclic) bond motifs is 4. The van der Waals surface area contributed by atoms with Gasteiger partial charge in [-0.3, -0.25) is 4.79 Å². The number of hydrogen-bond donors (Lipinski definition) is 2. The molecule has 2 aromatic carbocycles. The number of nitrogens with one attached hydrogen (secondary N) is 2. The van der Waals surface area contributed by atoms with Crippen molar-refractivity contribution in [2.75, 3.05) is 5.32 Å². The topological polar surface area (TPSA) is 124 Å². The molecule has 35 heavy (non-hydrogen) atoms. The molecule has 1 fully saturated rings. The molecule has 5 rings (SSSR count). The molecule has 1 unspecified atom stereocenters. The summed E-state index contributed by atoms with van der Waals surface area (Å²) in [5.41, 5.74) is -0.989. The molecule has 172 valence electrons. The smallest absolute Gasteiger partial charge is 0.238 e. The maximum atomic E-state index is 13.9. The van der Waals surface area contributed by atoms with E-state index in [1.165, 1.54) is 5.56 Å². The highest BCUT2D eigenvalue weighted by Crippen LogP contribution is 2.63. The molecule has 2 N–H and O–H groups in total. The number of amides is 1. The van der Waals surface area contributed by atoms with Crippen molar-refractivity contribution in [2.24, 2.45) is 23.2 Å². The van der Waals surface area contributed by atoms with Crippen LogP contribution in [0.5, 0.6) is 0 Å². The van der Waals surface area contributed by atoms with Crippen molar-refractivity contribution in [3.8, 4) is 18.2 Å². The van der Waals surface area contributed by atoms with Crippen LogP contribution in [0.1, 0.15) is 30.4 Å². The van der Waals surface area contributed by atoms with Gasteiger partial charge in [0.2, 0.25) is 11.3 Å². The number of aryl methyl sites for hydroxylation is 1. The molecule has 1 spiro atoms. The Morgan fingerprint density at radius 3 is 2.54 bits per heavy atom. The zero-order chi connectivity index (χ0) is 24.8. The van der Waals surface area contributed by atoms with E-state index >= 15 is 0 Å². The number of carbonyl (C=O) groups is 1. The van der Waals surface area contributed by atoms with Gasteiger partial charge in [-0.1, -0.05) is 52.3 Å². The van der Waals surface area contributed by atoms with E-state index < -0.39 is 28.6 Å². The summed E-state index contributed by atoms with van der Waals surface area (Å²) in [6.45, 7) is 0. The molecule has 7 heteroatoms. The van der Waals surface area contributed by atoms with Crippen LogP contribution in [0.2, 0.25) is 0 Å². The minimum atomic E-state index is -2.09. The zero-order valence-electron chi connectivity index (χ0n) is 18.9. The average Bonchev–Trinajstić information content (AvgIpc) is 3.17. The zero-order valence-corrected chi connectivity index (χ0v) is 20.5. The Labute approximate surface area is 212 Å². The molecule has 4 atom stereocenters. The van der Waals surface area contributed by atoms with E-state index in [0.29, 0.717) is 27.7 Å². The van der Waals surface area contributed by atoms with Gasteiger partial charge in [-0.25, -0.2) is 0 Å². The van der Waals surface area contributed by atoms with Crippen molar-refractivity contribution in [2.45, 2.75) is 31.1 Å². The maximum absolute atomic E-state index is 13.9. The molecule has 0 radical (unpaired) electrons. The molecule has 0 bridgehead atoms. The van der Waals surface area contributed by atoms with Gasteiger partial charge >= 0.3 is 0 Å². The third kappa shape index (κ3) is 3.10. The minimum Gasteiger partial charge on any atom is -0.325 e. The average molecular weight is 524 g/mol. The Balaban J connectivity index is 1.68. The summed E-state index contributed by atoms with van der Waals surface area (Å²) >= 11 is 3.48. The number of nitriles is 3. The number of benzene rings is 2. The van der Waals surface area contributed by atoms with Gasteiger partial charge in [-0.05, 0) is 66.5 Å². The number of hydrogen-bond acceptors (Lipinski definition) is 5. The molecule has 1 aliphatic heterocycles. The highest BCUT2D eigenvalue weighted by atomic mass is 79.9. The Kier molecular flexibility index (Phi) is 5.59. The predicted octanol–water partition coefficient (Wildman–Crippen LogP) is 5.43. The van der Waals surface area contributed by atoms with Crippen molar-refractivity contribution in [3.63, 3.8) is 0 Å². The summed E-state index contributed by atoms with van der Waals surface area (Å²) in [6, 6.07) is 21.8. The number of halogens is 1. The quantitative estimate of drug-likeness (QED) is 0.520. The van der Waals surface area contributed by atoms with Crippen LogP contribution < -0.4 is 5.32 Å². The van der Waals surface area contributed by atoms with Crippen LogP contribution in [-0.4, -0.2) is 11.6 Å². The lowest BCUT2D eigenvalue weighted by molar-refractivity contribution is -0.125. The Hall–Kier alpha value is -3.73. The van der Waals surface area contributed by atoms with Crippen molar-refractivity contribution < 1.29 is 4.79 Å².